The number of nitrogens with zero attached hydrogens (tertiary/aromatic N) is 1. The molecule has 1 atom stereocenters. The van der Waals surface area contributed by atoms with E-state index in [0.29, 0.717) is 29.5 Å². The lowest BCUT2D eigenvalue weighted by Crippen LogP contribution is -2.39. The van der Waals surface area contributed by atoms with E-state index in [0.717, 1.165) is 12.8 Å². The number of amides is 1. The van der Waals surface area contributed by atoms with Gasteiger partial charge < -0.3 is 14.4 Å². The first-order valence-electron chi connectivity index (χ1n) is 8.63. The van der Waals surface area contributed by atoms with E-state index in [1.165, 1.54) is 6.07 Å². The van der Waals surface area contributed by atoms with Crippen LogP contribution in [0.5, 0.6) is 5.75 Å². The van der Waals surface area contributed by atoms with Gasteiger partial charge in [-0.3, -0.25) is 4.79 Å². The van der Waals surface area contributed by atoms with E-state index in [1.807, 2.05) is 0 Å². The first kappa shape index (κ1) is 18.7. The molecule has 0 aliphatic carbocycles. The number of carbonyl (C=O) groups excluding carboxylic acids is 1. The van der Waals surface area contributed by atoms with Gasteiger partial charge in [-0.05, 0) is 31.0 Å². The van der Waals surface area contributed by atoms with Crippen LogP contribution >= 0.6 is 11.6 Å². The fourth-order valence-electron chi connectivity index (χ4n) is 2.91. The number of benzene rings is 2. The second-order valence-corrected chi connectivity index (χ2v) is 6.63. The Morgan fingerprint density at radius 3 is 2.73 bits per heavy atom. The van der Waals surface area contributed by atoms with Crippen molar-refractivity contribution in [1.29, 1.82) is 0 Å². The van der Waals surface area contributed by atoms with Gasteiger partial charge in [-0.2, -0.15) is 0 Å². The van der Waals surface area contributed by atoms with Crippen LogP contribution in [-0.4, -0.2) is 36.7 Å². The largest absolute Gasteiger partial charge is 0.482 e. The molecule has 2 aromatic carbocycles. The van der Waals surface area contributed by atoms with E-state index in [1.54, 1.807) is 47.4 Å². The Labute approximate surface area is 157 Å². The summed E-state index contributed by atoms with van der Waals surface area (Å²) in [5.74, 6) is -0.112. The van der Waals surface area contributed by atoms with Gasteiger partial charge >= 0.3 is 0 Å². The maximum Gasteiger partial charge on any atom is 0.260 e. The predicted molar refractivity (Wildman–Crippen MR) is 97.7 cm³/mol. The number of halogens is 2. The monoisotopic (exact) mass is 377 g/mol. The molecular formula is C20H21ClFNO3. The van der Waals surface area contributed by atoms with Crippen LogP contribution in [0.3, 0.4) is 0 Å². The summed E-state index contributed by atoms with van der Waals surface area (Å²) in [5.41, 5.74) is 0.469. The molecule has 0 saturated carbocycles. The van der Waals surface area contributed by atoms with E-state index in [4.69, 9.17) is 21.1 Å². The molecule has 1 aliphatic heterocycles. The summed E-state index contributed by atoms with van der Waals surface area (Å²) in [6.45, 7) is 1.13. The van der Waals surface area contributed by atoms with Gasteiger partial charge in [0.2, 0.25) is 0 Å². The zero-order chi connectivity index (χ0) is 18.4. The molecule has 1 fully saturated rings. The van der Waals surface area contributed by atoms with E-state index in [9.17, 15) is 9.18 Å². The maximum atomic E-state index is 14.0. The number of carbonyl (C=O) groups is 1. The second kappa shape index (κ2) is 9.01. The third kappa shape index (κ3) is 4.96. The number of para-hydroxylation sites is 1. The summed E-state index contributed by atoms with van der Waals surface area (Å²) in [6.07, 6.45) is 1.85. The summed E-state index contributed by atoms with van der Waals surface area (Å²) in [5, 5.41) is 0.445. The highest BCUT2D eigenvalue weighted by Gasteiger charge is 2.24. The van der Waals surface area contributed by atoms with E-state index in [2.05, 4.69) is 0 Å². The number of hydrogen-bond acceptors (Lipinski definition) is 3. The van der Waals surface area contributed by atoms with Crippen molar-refractivity contribution in [2.24, 2.45) is 0 Å². The Kier molecular flexibility index (Phi) is 6.47. The quantitative estimate of drug-likeness (QED) is 0.730. The normalized spacial score (nSPS) is 16.5. The van der Waals surface area contributed by atoms with Crippen molar-refractivity contribution in [2.45, 2.75) is 25.5 Å². The molecule has 138 valence electrons. The van der Waals surface area contributed by atoms with Crippen LogP contribution in [0.4, 0.5) is 4.39 Å². The molecule has 1 unspecified atom stereocenters. The summed E-state index contributed by atoms with van der Waals surface area (Å²) in [6, 6.07) is 13.4. The van der Waals surface area contributed by atoms with Crippen molar-refractivity contribution in [3.05, 3.63) is 64.9 Å². The molecule has 4 nitrogen and oxygen atoms in total. The second-order valence-electron chi connectivity index (χ2n) is 6.22. The lowest BCUT2D eigenvalue weighted by Gasteiger charge is -2.26. The Bertz CT molecular complexity index is 749. The first-order valence-corrected chi connectivity index (χ1v) is 9.01. The molecule has 0 aromatic heterocycles. The molecular weight excluding hydrogens is 357 g/mol. The fraction of sp³-hybridized carbons (Fsp3) is 0.350. The highest BCUT2D eigenvalue weighted by atomic mass is 35.5. The third-order valence-corrected chi connectivity index (χ3v) is 4.62. The van der Waals surface area contributed by atoms with Gasteiger partial charge in [0.1, 0.15) is 11.6 Å². The molecule has 0 radical (unpaired) electrons. The first-order chi connectivity index (χ1) is 12.6. The van der Waals surface area contributed by atoms with Gasteiger partial charge in [0.15, 0.2) is 6.61 Å². The standard InChI is InChI=1S/C20H21ClFNO3/c21-17-8-2-4-10-19(17)26-14-20(24)23(13-16-7-5-11-25-16)12-15-6-1-3-9-18(15)22/h1-4,6,8-10,16H,5,7,11-14H2. The van der Waals surface area contributed by atoms with Gasteiger partial charge in [-0.25, -0.2) is 4.39 Å². The van der Waals surface area contributed by atoms with E-state index in [-0.39, 0.29) is 31.0 Å². The molecule has 2 aromatic rings. The Balaban J connectivity index is 1.68. The zero-order valence-electron chi connectivity index (χ0n) is 14.4. The fourth-order valence-corrected chi connectivity index (χ4v) is 3.10. The minimum atomic E-state index is -0.329. The molecule has 1 heterocycles. The zero-order valence-corrected chi connectivity index (χ0v) is 15.1. The minimum absolute atomic E-state index is 0.0222. The summed E-state index contributed by atoms with van der Waals surface area (Å²) in [4.78, 5) is 14.3. The SMILES string of the molecule is O=C(COc1ccccc1Cl)N(Cc1ccccc1F)CC1CCCO1. The smallest absolute Gasteiger partial charge is 0.260 e. The van der Waals surface area contributed by atoms with E-state index >= 15 is 0 Å². The van der Waals surface area contributed by atoms with Gasteiger partial charge in [-0.1, -0.05) is 41.9 Å². The molecule has 0 bridgehead atoms. The number of ether oxygens (including phenoxy) is 2. The number of hydrogen-bond donors (Lipinski definition) is 0. The van der Waals surface area contributed by atoms with Crippen molar-refractivity contribution < 1.29 is 18.7 Å². The van der Waals surface area contributed by atoms with Crippen molar-refractivity contribution in [3.63, 3.8) is 0 Å². The van der Waals surface area contributed by atoms with Gasteiger partial charge in [-0.15, -0.1) is 0 Å². The van der Waals surface area contributed by atoms with Gasteiger partial charge in [0.05, 0.1) is 11.1 Å². The average molecular weight is 378 g/mol. The minimum Gasteiger partial charge on any atom is -0.482 e. The van der Waals surface area contributed by atoms with Crippen LogP contribution < -0.4 is 4.74 Å². The van der Waals surface area contributed by atoms with Crippen LogP contribution in [0, 0.1) is 5.82 Å². The van der Waals surface area contributed by atoms with Crippen molar-refractivity contribution in [2.75, 3.05) is 19.8 Å². The Morgan fingerprint density at radius 2 is 2.00 bits per heavy atom. The molecule has 1 saturated heterocycles. The molecule has 3 rings (SSSR count). The topological polar surface area (TPSA) is 38.8 Å². The molecule has 0 N–H and O–H groups in total. The molecule has 6 heteroatoms. The lowest BCUT2D eigenvalue weighted by molar-refractivity contribution is -0.135. The summed E-state index contributed by atoms with van der Waals surface area (Å²) in [7, 11) is 0. The molecule has 26 heavy (non-hydrogen) atoms. The maximum absolute atomic E-state index is 14.0. The van der Waals surface area contributed by atoms with Crippen molar-refractivity contribution in [1.82, 2.24) is 4.90 Å². The van der Waals surface area contributed by atoms with Gasteiger partial charge in [0.25, 0.3) is 5.91 Å². The summed E-state index contributed by atoms with van der Waals surface area (Å²) < 4.78 is 25.2. The lowest BCUT2D eigenvalue weighted by atomic mass is 10.1. The molecule has 1 aliphatic rings. The van der Waals surface area contributed by atoms with E-state index < -0.39 is 0 Å². The van der Waals surface area contributed by atoms with Crippen LogP contribution in [0.15, 0.2) is 48.5 Å². The molecule has 1 amide bonds. The van der Waals surface area contributed by atoms with Crippen molar-refractivity contribution in [3.8, 4) is 5.75 Å². The highest BCUT2D eigenvalue weighted by molar-refractivity contribution is 6.32. The predicted octanol–water partition coefficient (Wildman–Crippen LogP) is 4.07. The van der Waals surface area contributed by atoms with Gasteiger partial charge in [0, 0.05) is 25.3 Å². The molecule has 0 spiro atoms. The number of rotatable bonds is 7. The summed E-state index contributed by atoms with van der Waals surface area (Å²) >= 11 is 6.06. The third-order valence-electron chi connectivity index (χ3n) is 4.31. The Morgan fingerprint density at radius 1 is 1.23 bits per heavy atom. The average Bonchev–Trinajstić information content (AvgIpc) is 3.15. The van der Waals surface area contributed by atoms with Crippen LogP contribution in [0.25, 0.3) is 0 Å². The van der Waals surface area contributed by atoms with Crippen molar-refractivity contribution >= 4 is 17.5 Å². The Hall–Kier alpha value is -2.11. The van der Waals surface area contributed by atoms with Crippen LogP contribution in [0.1, 0.15) is 18.4 Å². The van der Waals surface area contributed by atoms with Crippen LogP contribution in [0.2, 0.25) is 5.02 Å². The highest BCUT2D eigenvalue weighted by Crippen LogP contribution is 2.23. The van der Waals surface area contributed by atoms with Crippen LogP contribution in [-0.2, 0) is 16.1 Å².